The van der Waals surface area contributed by atoms with Crippen molar-refractivity contribution in [1.82, 2.24) is 0 Å². The van der Waals surface area contributed by atoms with Gasteiger partial charge in [0, 0.05) is 6.42 Å². The lowest BCUT2D eigenvalue weighted by molar-refractivity contribution is 0.401. The lowest BCUT2D eigenvalue weighted by Crippen LogP contribution is -1.96. The molecule has 0 heterocycles. The minimum atomic E-state index is 0.238. The van der Waals surface area contributed by atoms with Crippen LogP contribution in [0.25, 0.3) is 0 Å². The van der Waals surface area contributed by atoms with E-state index < -0.39 is 0 Å². The zero-order chi connectivity index (χ0) is 10.6. The van der Waals surface area contributed by atoms with Crippen LogP contribution in [0.5, 0.6) is 0 Å². The van der Waals surface area contributed by atoms with E-state index in [0.717, 1.165) is 12.8 Å². The van der Waals surface area contributed by atoms with E-state index >= 15 is 0 Å². The third kappa shape index (κ3) is 2.63. The first kappa shape index (κ1) is 10.8. The molecule has 0 aliphatic rings. The summed E-state index contributed by atoms with van der Waals surface area (Å²) in [6.45, 7) is 7.81. The average molecular weight is 190 g/mol. The molecule has 0 unspecified atom stereocenters. The normalized spacial score (nSPS) is 10.1. The number of aliphatic hydroxyl groups excluding tert-OH is 1. The number of benzene rings is 1. The Balaban J connectivity index is 2.94. The second-order valence-electron chi connectivity index (χ2n) is 3.69. The van der Waals surface area contributed by atoms with Crippen LogP contribution in [0.1, 0.15) is 30.0 Å². The molecule has 0 aliphatic carbocycles. The third-order valence-electron chi connectivity index (χ3n) is 2.47. The van der Waals surface area contributed by atoms with Crippen LogP contribution < -0.4 is 0 Å². The van der Waals surface area contributed by atoms with Gasteiger partial charge >= 0.3 is 0 Å². The second-order valence-corrected chi connectivity index (χ2v) is 3.69. The fourth-order valence-corrected chi connectivity index (χ4v) is 1.69. The molecular formula is C13H18O. The molecule has 0 bridgehead atoms. The van der Waals surface area contributed by atoms with Crippen LogP contribution in [-0.4, -0.2) is 5.11 Å². The molecule has 0 saturated heterocycles. The van der Waals surface area contributed by atoms with Gasteiger partial charge in [-0.3, -0.25) is 0 Å². The number of hydrogen-bond acceptors (Lipinski definition) is 1. The molecule has 76 valence electrons. The van der Waals surface area contributed by atoms with E-state index in [4.69, 9.17) is 5.11 Å². The van der Waals surface area contributed by atoms with Crippen molar-refractivity contribution in [3.05, 3.63) is 47.2 Å². The number of hydrogen-bond donors (Lipinski definition) is 1. The van der Waals surface area contributed by atoms with Crippen LogP contribution >= 0.6 is 0 Å². The van der Waals surface area contributed by atoms with E-state index in [0.29, 0.717) is 6.42 Å². The molecule has 0 saturated carbocycles. The topological polar surface area (TPSA) is 20.2 Å². The molecule has 1 nitrogen and oxygen atoms in total. The Morgan fingerprint density at radius 2 is 2.00 bits per heavy atom. The van der Waals surface area contributed by atoms with Crippen molar-refractivity contribution >= 4 is 0 Å². The summed E-state index contributed by atoms with van der Waals surface area (Å²) in [5.74, 6) is 0.238. The molecule has 14 heavy (non-hydrogen) atoms. The second kappa shape index (κ2) is 4.85. The summed E-state index contributed by atoms with van der Waals surface area (Å²) < 4.78 is 0. The quantitative estimate of drug-likeness (QED) is 0.720. The van der Waals surface area contributed by atoms with Gasteiger partial charge in [-0.2, -0.15) is 0 Å². The lowest BCUT2D eigenvalue weighted by atomic mass is 9.97. The Morgan fingerprint density at radius 3 is 2.57 bits per heavy atom. The fourth-order valence-electron chi connectivity index (χ4n) is 1.69. The maximum absolute atomic E-state index is 9.16. The molecule has 1 aromatic rings. The van der Waals surface area contributed by atoms with Crippen molar-refractivity contribution in [2.45, 2.75) is 33.1 Å². The Labute approximate surface area is 86.1 Å². The van der Waals surface area contributed by atoms with Gasteiger partial charge in [0.2, 0.25) is 0 Å². The highest BCUT2D eigenvalue weighted by molar-refractivity contribution is 5.35. The molecule has 1 rings (SSSR count). The van der Waals surface area contributed by atoms with Crippen LogP contribution in [-0.2, 0) is 12.8 Å². The van der Waals surface area contributed by atoms with Gasteiger partial charge < -0.3 is 5.11 Å². The summed E-state index contributed by atoms with van der Waals surface area (Å²) in [4.78, 5) is 0. The predicted molar refractivity (Wildman–Crippen MR) is 60.6 cm³/mol. The van der Waals surface area contributed by atoms with Crippen molar-refractivity contribution in [3.8, 4) is 0 Å². The van der Waals surface area contributed by atoms with Gasteiger partial charge in [-0.1, -0.05) is 38.1 Å². The summed E-state index contributed by atoms with van der Waals surface area (Å²) in [5, 5.41) is 9.16. The maximum Gasteiger partial charge on any atom is 0.0894 e. The van der Waals surface area contributed by atoms with Gasteiger partial charge in [-0.05, 0) is 30.0 Å². The first-order valence-corrected chi connectivity index (χ1v) is 5.09. The third-order valence-corrected chi connectivity index (χ3v) is 2.47. The first-order chi connectivity index (χ1) is 6.65. The molecule has 0 aliphatic heterocycles. The number of aryl methyl sites for hydroxylation is 1. The molecule has 0 aromatic heterocycles. The molecule has 0 radical (unpaired) electrons. The van der Waals surface area contributed by atoms with Crippen molar-refractivity contribution in [3.63, 3.8) is 0 Å². The van der Waals surface area contributed by atoms with Gasteiger partial charge in [-0.15, -0.1) is 0 Å². The fraction of sp³-hybridized carbons (Fsp3) is 0.385. The SMILES string of the molecule is C=C(O)Cc1cccc(CCC)c1C. The molecule has 0 atom stereocenters. The Morgan fingerprint density at radius 1 is 1.36 bits per heavy atom. The van der Waals surface area contributed by atoms with E-state index in [2.05, 4.69) is 38.6 Å². The van der Waals surface area contributed by atoms with E-state index in [9.17, 15) is 0 Å². The van der Waals surface area contributed by atoms with E-state index in [1.54, 1.807) is 0 Å². The van der Waals surface area contributed by atoms with E-state index in [1.807, 2.05) is 0 Å². The number of aliphatic hydroxyl groups is 1. The van der Waals surface area contributed by atoms with Gasteiger partial charge in [0.15, 0.2) is 0 Å². The molecule has 0 amide bonds. The molecule has 1 N–H and O–H groups in total. The molecule has 1 aromatic carbocycles. The van der Waals surface area contributed by atoms with Crippen LogP contribution in [0.15, 0.2) is 30.5 Å². The highest BCUT2D eigenvalue weighted by Crippen LogP contribution is 2.17. The summed E-state index contributed by atoms with van der Waals surface area (Å²) in [6.07, 6.45) is 2.84. The Hall–Kier alpha value is -1.24. The minimum absolute atomic E-state index is 0.238. The molecule has 0 spiro atoms. The zero-order valence-corrected chi connectivity index (χ0v) is 9.01. The maximum atomic E-state index is 9.16. The molecular weight excluding hydrogens is 172 g/mol. The van der Waals surface area contributed by atoms with Crippen LogP contribution in [0.3, 0.4) is 0 Å². The van der Waals surface area contributed by atoms with Gasteiger partial charge in [0.1, 0.15) is 0 Å². The number of allylic oxidation sites excluding steroid dienone is 1. The van der Waals surface area contributed by atoms with E-state index in [-0.39, 0.29) is 5.76 Å². The Kier molecular flexibility index (Phi) is 3.75. The van der Waals surface area contributed by atoms with Crippen molar-refractivity contribution in [2.24, 2.45) is 0 Å². The summed E-state index contributed by atoms with van der Waals surface area (Å²) >= 11 is 0. The zero-order valence-electron chi connectivity index (χ0n) is 9.01. The summed E-state index contributed by atoms with van der Waals surface area (Å²) in [5.41, 5.74) is 3.86. The average Bonchev–Trinajstić information content (AvgIpc) is 2.11. The van der Waals surface area contributed by atoms with Crippen LogP contribution in [0, 0.1) is 6.92 Å². The standard InChI is InChI=1S/C13H18O/c1-4-6-12-7-5-8-13(11(12)3)9-10(2)14/h5,7-8,14H,2,4,6,9H2,1,3H3. The predicted octanol–water partition coefficient (Wildman–Crippen LogP) is 3.56. The van der Waals surface area contributed by atoms with Crippen LogP contribution in [0.4, 0.5) is 0 Å². The van der Waals surface area contributed by atoms with Crippen molar-refractivity contribution in [1.29, 1.82) is 0 Å². The number of rotatable bonds is 4. The monoisotopic (exact) mass is 190 g/mol. The Bertz CT molecular complexity index is 326. The lowest BCUT2D eigenvalue weighted by Gasteiger charge is -2.09. The summed E-state index contributed by atoms with van der Waals surface area (Å²) in [6, 6.07) is 6.26. The smallest absolute Gasteiger partial charge is 0.0894 e. The molecule has 0 fully saturated rings. The molecule has 1 heteroatoms. The van der Waals surface area contributed by atoms with E-state index in [1.165, 1.54) is 16.7 Å². The minimum Gasteiger partial charge on any atom is -0.513 e. The van der Waals surface area contributed by atoms with Crippen molar-refractivity contribution in [2.75, 3.05) is 0 Å². The van der Waals surface area contributed by atoms with Crippen LogP contribution in [0.2, 0.25) is 0 Å². The van der Waals surface area contributed by atoms with Crippen molar-refractivity contribution < 1.29 is 5.11 Å². The summed E-state index contributed by atoms with van der Waals surface area (Å²) in [7, 11) is 0. The van der Waals surface area contributed by atoms with Gasteiger partial charge in [-0.25, -0.2) is 0 Å². The van der Waals surface area contributed by atoms with Gasteiger partial charge in [0.25, 0.3) is 0 Å². The first-order valence-electron chi connectivity index (χ1n) is 5.09. The largest absolute Gasteiger partial charge is 0.513 e. The van der Waals surface area contributed by atoms with Gasteiger partial charge in [0.05, 0.1) is 5.76 Å². The highest BCUT2D eigenvalue weighted by atomic mass is 16.3. The highest BCUT2D eigenvalue weighted by Gasteiger charge is 2.03.